The van der Waals surface area contributed by atoms with Crippen molar-refractivity contribution in [3.05, 3.63) is 17.7 Å². The molecule has 0 saturated carbocycles. The monoisotopic (exact) mass is 432 g/mol. The Kier molecular flexibility index (Phi) is 7.48. The van der Waals surface area contributed by atoms with Gasteiger partial charge in [0.15, 0.2) is 0 Å². The number of alkyl halides is 3. The molecule has 1 saturated heterocycles. The van der Waals surface area contributed by atoms with Crippen molar-refractivity contribution in [1.29, 1.82) is 0 Å². The number of nitrogens with zero attached hydrogens (tertiary/aromatic N) is 3. The van der Waals surface area contributed by atoms with Gasteiger partial charge in [0.2, 0.25) is 0 Å². The van der Waals surface area contributed by atoms with Crippen molar-refractivity contribution in [3.63, 3.8) is 0 Å². The minimum Gasteiger partial charge on any atom is -0.444 e. The van der Waals surface area contributed by atoms with E-state index in [1.165, 1.54) is 6.20 Å². The van der Waals surface area contributed by atoms with Crippen molar-refractivity contribution in [2.24, 2.45) is 0 Å². The number of carbonyl (C=O) groups is 1. The van der Waals surface area contributed by atoms with E-state index >= 15 is 0 Å². The summed E-state index contributed by atoms with van der Waals surface area (Å²) in [7, 11) is 0. The maximum atomic E-state index is 12.9. The van der Waals surface area contributed by atoms with Crippen LogP contribution in [0.25, 0.3) is 0 Å². The van der Waals surface area contributed by atoms with Crippen LogP contribution in [0.1, 0.15) is 71.8 Å². The van der Waals surface area contributed by atoms with Gasteiger partial charge >= 0.3 is 12.3 Å². The molecular formula is C21H35F3N4O2. The van der Waals surface area contributed by atoms with E-state index in [1.54, 1.807) is 4.90 Å². The van der Waals surface area contributed by atoms with E-state index in [0.717, 1.165) is 0 Å². The van der Waals surface area contributed by atoms with Gasteiger partial charge in [0.1, 0.15) is 11.4 Å². The average Bonchev–Trinajstić information content (AvgIpc) is 2.93. The van der Waals surface area contributed by atoms with Crippen LogP contribution in [0.3, 0.4) is 0 Å². The van der Waals surface area contributed by atoms with Crippen molar-refractivity contribution in [2.45, 2.75) is 90.6 Å². The van der Waals surface area contributed by atoms with Crippen LogP contribution in [0.2, 0.25) is 0 Å². The standard InChI is InChI=1S/C21H35F3N4O2/c1-19(2,3)25-9-12-28-14-16(13-21(22,23)24)26-17(28)15-7-10-27(11-8-15)18(29)30-20(4,5)6/h14-15,25H,7-13H2,1-6H3. The molecule has 0 unspecified atom stereocenters. The van der Waals surface area contributed by atoms with Crippen LogP contribution >= 0.6 is 0 Å². The van der Waals surface area contributed by atoms with Gasteiger partial charge in [0.25, 0.3) is 0 Å². The van der Waals surface area contributed by atoms with E-state index in [-0.39, 0.29) is 23.2 Å². The Morgan fingerprint density at radius 1 is 1.17 bits per heavy atom. The zero-order valence-electron chi connectivity index (χ0n) is 18.9. The molecular weight excluding hydrogens is 397 g/mol. The SMILES string of the molecule is CC(C)(C)NCCn1cc(CC(F)(F)F)nc1C1CCN(C(=O)OC(C)(C)C)CC1. The Balaban J connectivity index is 2.08. The lowest BCUT2D eigenvalue weighted by atomic mass is 9.96. The summed E-state index contributed by atoms with van der Waals surface area (Å²) in [4.78, 5) is 18.3. The van der Waals surface area contributed by atoms with Crippen molar-refractivity contribution in [3.8, 4) is 0 Å². The normalized spacial score (nSPS) is 16.8. The van der Waals surface area contributed by atoms with Crippen molar-refractivity contribution in [1.82, 2.24) is 19.8 Å². The lowest BCUT2D eigenvalue weighted by Gasteiger charge is -2.33. The van der Waals surface area contributed by atoms with Gasteiger partial charge in [-0.1, -0.05) is 0 Å². The van der Waals surface area contributed by atoms with Crippen molar-refractivity contribution < 1.29 is 22.7 Å². The molecule has 6 nitrogen and oxygen atoms in total. The summed E-state index contributed by atoms with van der Waals surface area (Å²) in [5.74, 6) is 0.689. The molecule has 9 heteroatoms. The third-order valence-corrected chi connectivity index (χ3v) is 4.76. The Labute approximate surface area is 177 Å². The van der Waals surface area contributed by atoms with Crippen LogP contribution in [0, 0.1) is 0 Å². The first-order valence-corrected chi connectivity index (χ1v) is 10.5. The van der Waals surface area contributed by atoms with Crippen LogP contribution in [-0.2, 0) is 17.7 Å². The van der Waals surface area contributed by atoms with Gasteiger partial charge in [-0.3, -0.25) is 0 Å². The summed E-state index contributed by atoms with van der Waals surface area (Å²) in [6, 6.07) is 0. The second kappa shape index (κ2) is 9.16. The van der Waals surface area contributed by atoms with Crippen LogP contribution in [0.15, 0.2) is 6.20 Å². The highest BCUT2D eigenvalue weighted by atomic mass is 19.4. The summed E-state index contributed by atoms with van der Waals surface area (Å²) in [6.07, 6.45) is -2.86. The lowest BCUT2D eigenvalue weighted by molar-refractivity contribution is -0.127. The van der Waals surface area contributed by atoms with Gasteiger partial charge in [-0.25, -0.2) is 9.78 Å². The zero-order valence-corrected chi connectivity index (χ0v) is 18.9. The summed E-state index contributed by atoms with van der Waals surface area (Å²) in [5, 5.41) is 3.36. The Morgan fingerprint density at radius 2 is 1.77 bits per heavy atom. The Bertz CT molecular complexity index is 709. The van der Waals surface area contributed by atoms with E-state index in [2.05, 4.69) is 10.3 Å². The molecule has 0 aliphatic carbocycles. The predicted molar refractivity (Wildman–Crippen MR) is 110 cm³/mol. The molecule has 1 N–H and O–H groups in total. The van der Waals surface area contributed by atoms with Crippen LogP contribution in [0.5, 0.6) is 0 Å². The number of nitrogens with one attached hydrogen (secondary N) is 1. The highest BCUT2D eigenvalue weighted by molar-refractivity contribution is 5.68. The lowest BCUT2D eigenvalue weighted by Crippen LogP contribution is -2.41. The fraction of sp³-hybridized carbons (Fsp3) is 0.810. The molecule has 1 fully saturated rings. The summed E-state index contributed by atoms with van der Waals surface area (Å²) < 4.78 is 45.9. The van der Waals surface area contributed by atoms with Gasteiger partial charge in [0, 0.05) is 43.8 Å². The molecule has 1 amide bonds. The van der Waals surface area contributed by atoms with Crippen LogP contribution in [0.4, 0.5) is 18.0 Å². The molecule has 0 aromatic carbocycles. The topological polar surface area (TPSA) is 59.4 Å². The minimum atomic E-state index is -4.29. The number of carbonyl (C=O) groups excluding carboxylic acids is 1. The number of likely N-dealkylation sites (tertiary alicyclic amines) is 1. The molecule has 1 aromatic rings. The maximum absolute atomic E-state index is 12.9. The average molecular weight is 433 g/mol. The summed E-state index contributed by atoms with van der Waals surface area (Å²) >= 11 is 0. The van der Waals surface area contributed by atoms with E-state index in [9.17, 15) is 18.0 Å². The third kappa shape index (κ3) is 8.16. The predicted octanol–water partition coefficient (Wildman–Crippen LogP) is 4.49. The zero-order chi connectivity index (χ0) is 22.7. The molecule has 1 aromatic heterocycles. The number of aromatic nitrogens is 2. The number of ether oxygens (including phenoxy) is 1. The molecule has 1 aliphatic rings. The molecule has 172 valence electrons. The number of hydrogen-bond donors (Lipinski definition) is 1. The number of halogens is 3. The number of piperidine rings is 1. The summed E-state index contributed by atoms with van der Waals surface area (Å²) in [5.41, 5.74) is -0.590. The van der Waals surface area contributed by atoms with Gasteiger partial charge in [-0.2, -0.15) is 13.2 Å². The maximum Gasteiger partial charge on any atom is 0.410 e. The number of rotatable bonds is 5. The van der Waals surface area contributed by atoms with E-state index in [1.807, 2.05) is 46.1 Å². The quantitative estimate of drug-likeness (QED) is 0.745. The number of imidazole rings is 1. The second-order valence-corrected chi connectivity index (χ2v) is 9.99. The van der Waals surface area contributed by atoms with E-state index < -0.39 is 18.2 Å². The smallest absolute Gasteiger partial charge is 0.410 e. The first kappa shape index (κ1) is 24.5. The first-order chi connectivity index (χ1) is 13.6. The van der Waals surface area contributed by atoms with Gasteiger partial charge in [-0.15, -0.1) is 0 Å². The molecule has 2 rings (SSSR count). The highest BCUT2D eigenvalue weighted by Crippen LogP contribution is 2.30. The Morgan fingerprint density at radius 3 is 2.27 bits per heavy atom. The van der Waals surface area contributed by atoms with E-state index in [4.69, 9.17) is 4.74 Å². The number of hydrogen-bond acceptors (Lipinski definition) is 4. The van der Waals surface area contributed by atoms with Crippen LogP contribution < -0.4 is 5.32 Å². The van der Waals surface area contributed by atoms with Gasteiger partial charge in [0.05, 0.1) is 12.1 Å². The van der Waals surface area contributed by atoms with E-state index in [0.29, 0.717) is 44.8 Å². The largest absolute Gasteiger partial charge is 0.444 e. The van der Waals surface area contributed by atoms with Crippen LogP contribution in [-0.4, -0.2) is 57.5 Å². The molecule has 0 spiro atoms. The van der Waals surface area contributed by atoms with Crippen molar-refractivity contribution >= 4 is 6.09 Å². The Hall–Kier alpha value is -1.77. The molecule has 1 aliphatic heterocycles. The van der Waals surface area contributed by atoms with Gasteiger partial charge in [-0.05, 0) is 54.4 Å². The molecule has 0 bridgehead atoms. The summed E-state index contributed by atoms with van der Waals surface area (Å²) in [6.45, 7) is 13.8. The highest BCUT2D eigenvalue weighted by Gasteiger charge is 2.32. The van der Waals surface area contributed by atoms with Crippen molar-refractivity contribution in [2.75, 3.05) is 19.6 Å². The molecule has 2 heterocycles. The second-order valence-electron chi connectivity index (χ2n) is 9.99. The fourth-order valence-corrected chi connectivity index (χ4v) is 3.48. The minimum absolute atomic E-state index is 0.0142. The van der Waals surface area contributed by atoms with Gasteiger partial charge < -0.3 is 19.5 Å². The number of amides is 1. The first-order valence-electron chi connectivity index (χ1n) is 10.5. The molecule has 30 heavy (non-hydrogen) atoms. The molecule has 0 atom stereocenters. The molecule has 0 radical (unpaired) electrons. The fourth-order valence-electron chi connectivity index (χ4n) is 3.48. The third-order valence-electron chi connectivity index (χ3n) is 4.76.